The van der Waals surface area contributed by atoms with Gasteiger partial charge in [0.2, 0.25) is 0 Å². The molecule has 0 heterocycles. The van der Waals surface area contributed by atoms with Crippen LogP contribution in [0.4, 0.5) is 0 Å². The van der Waals surface area contributed by atoms with Crippen LogP contribution in [0.5, 0.6) is 0 Å². The number of aliphatic hydroxyl groups excluding tert-OH is 1. The van der Waals surface area contributed by atoms with E-state index in [1.54, 1.807) is 0 Å². The van der Waals surface area contributed by atoms with E-state index in [4.69, 9.17) is 29.5 Å². The Morgan fingerprint density at radius 3 is 2.07 bits per heavy atom. The zero-order valence-electron chi connectivity index (χ0n) is 7.17. The molecule has 3 N–H and O–H groups in total. The van der Waals surface area contributed by atoms with E-state index < -0.39 is 0 Å². The topological polar surface area (TPSA) is 44.3 Å². The number of hydrogen-bond donors (Lipinski definition) is 6. The lowest BCUT2D eigenvalue weighted by Crippen LogP contribution is -2.47. The zero-order chi connectivity index (χ0) is 11.1. The van der Waals surface area contributed by atoms with Crippen LogP contribution in [0.2, 0.25) is 0 Å². The lowest BCUT2D eigenvalue weighted by molar-refractivity contribution is 0.269. The molecule has 0 aromatic heterocycles. The van der Waals surface area contributed by atoms with Crippen molar-refractivity contribution in [3.05, 3.63) is 0 Å². The van der Waals surface area contributed by atoms with Gasteiger partial charge in [-0.1, -0.05) is 24.4 Å². The van der Waals surface area contributed by atoms with Gasteiger partial charge in [0.15, 0.2) is 0 Å². The van der Waals surface area contributed by atoms with Gasteiger partial charge in [-0.3, -0.25) is 0 Å². The van der Waals surface area contributed by atoms with Crippen LogP contribution in [0.3, 0.4) is 0 Å². The largest absolute Gasteiger partial charge is 0.396 e. The third-order valence-electron chi connectivity index (χ3n) is 1.40. The molecule has 0 aliphatic heterocycles. The lowest BCUT2D eigenvalue weighted by Gasteiger charge is -2.24. The maximum Gasteiger partial charge on any atom is 0.131 e. The summed E-state index contributed by atoms with van der Waals surface area (Å²) in [5, 5.41) is 14.3. The van der Waals surface area contributed by atoms with Crippen molar-refractivity contribution in [3.8, 4) is 0 Å². The van der Waals surface area contributed by atoms with Gasteiger partial charge in [0.25, 0.3) is 0 Å². The second-order valence-corrected chi connectivity index (χ2v) is 5.33. The highest BCUT2D eigenvalue weighted by Crippen LogP contribution is 2.05. The first-order chi connectivity index (χ1) is 6.47. The Morgan fingerprint density at radius 1 is 1.21 bits per heavy atom. The van der Waals surface area contributed by atoms with Gasteiger partial charge in [0.05, 0.1) is 11.4 Å². The van der Waals surface area contributed by atoms with Crippen molar-refractivity contribution in [2.75, 3.05) is 6.61 Å². The van der Waals surface area contributed by atoms with E-state index in [9.17, 15) is 0 Å². The molecule has 0 aliphatic rings. The number of hydrogen-bond acceptors (Lipinski definition) is 4. The minimum absolute atomic E-state index is 0.0339. The fourth-order valence-electron chi connectivity index (χ4n) is 0.834. The summed E-state index contributed by atoms with van der Waals surface area (Å²) in [6, 6.07) is -0.140. The van der Waals surface area contributed by atoms with Gasteiger partial charge in [-0.05, 0) is 6.42 Å². The SMILES string of the molecule is OCCC(NC(=S)S)C(S)NC(=S)S. The molecule has 0 aliphatic carbocycles. The monoisotopic (exact) mass is 288 g/mol. The lowest BCUT2D eigenvalue weighted by atomic mass is 10.2. The number of rotatable bonds is 5. The number of thiol groups is 3. The van der Waals surface area contributed by atoms with Crippen LogP contribution in [-0.2, 0) is 0 Å². The van der Waals surface area contributed by atoms with Gasteiger partial charge in [0, 0.05) is 6.61 Å². The first kappa shape index (κ1) is 14.8. The van der Waals surface area contributed by atoms with Gasteiger partial charge in [-0.2, -0.15) is 12.6 Å². The minimum Gasteiger partial charge on any atom is -0.396 e. The highest BCUT2D eigenvalue weighted by molar-refractivity contribution is 8.11. The predicted octanol–water partition coefficient (Wildman–Crippen LogP) is 0.602. The fourth-order valence-corrected chi connectivity index (χ4v) is 1.96. The molecule has 0 amide bonds. The van der Waals surface area contributed by atoms with Crippen molar-refractivity contribution >= 4 is 71.0 Å². The Bertz CT molecular complexity index is 212. The predicted molar refractivity (Wildman–Crippen MR) is 77.7 cm³/mol. The molecule has 0 saturated carbocycles. The molecule has 0 bridgehead atoms. The zero-order valence-corrected chi connectivity index (χ0v) is 11.5. The van der Waals surface area contributed by atoms with Gasteiger partial charge >= 0.3 is 0 Å². The molecule has 0 spiro atoms. The summed E-state index contributed by atoms with van der Waals surface area (Å²) in [6.45, 7) is 0.0339. The highest BCUT2D eigenvalue weighted by atomic mass is 32.1. The molecule has 0 aromatic rings. The van der Waals surface area contributed by atoms with E-state index in [1.165, 1.54) is 0 Å². The molecule has 0 fully saturated rings. The molecule has 3 nitrogen and oxygen atoms in total. The van der Waals surface area contributed by atoms with Gasteiger partial charge in [-0.25, -0.2) is 0 Å². The summed E-state index contributed by atoms with van der Waals surface area (Å²) in [5.41, 5.74) is 0. The maximum atomic E-state index is 8.81. The Hall–Kier alpha value is 0.790. The maximum absolute atomic E-state index is 8.81. The van der Waals surface area contributed by atoms with E-state index in [-0.39, 0.29) is 18.0 Å². The highest BCUT2D eigenvalue weighted by Gasteiger charge is 2.17. The van der Waals surface area contributed by atoms with Crippen molar-refractivity contribution in [1.29, 1.82) is 0 Å². The third-order valence-corrected chi connectivity index (χ3v) is 2.38. The second-order valence-electron chi connectivity index (χ2n) is 2.46. The second kappa shape index (κ2) is 8.00. The van der Waals surface area contributed by atoms with E-state index >= 15 is 0 Å². The average Bonchev–Trinajstić information content (AvgIpc) is 2.01. The van der Waals surface area contributed by atoms with E-state index in [0.29, 0.717) is 15.1 Å². The first-order valence-electron chi connectivity index (χ1n) is 3.75. The van der Waals surface area contributed by atoms with Crippen molar-refractivity contribution in [2.24, 2.45) is 0 Å². The average molecular weight is 289 g/mol. The van der Waals surface area contributed by atoms with Crippen molar-refractivity contribution in [1.82, 2.24) is 10.6 Å². The molecule has 0 aromatic carbocycles. The third kappa shape index (κ3) is 7.13. The normalized spacial score (nSPS) is 14.3. The molecular formula is C6H12N2OS5. The molecule has 14 heavy (non-hydrogen) atoms. The Kier molecular flexibility index (Phi) is 8.45. The van der Waals surface area contributed by atoms with E-state index in [0.717, 1.165) is 0 Å². The van der Waals surface area contributed by atoms with Crippen LogP contribution in [0, 0.1) is 0 Å². The van der Waals surface area contributed by atoms with Crippen LogP contribution in [0.1, 0.15) is 6.42 Å². The van der Waals surface area contributed by atoms with Crippen LogP contribution in [0.15, 0.2) is 0 Å². The van der Waals surface area contributed by atoms with Gasteiger partial charge < -0.3 is 15.7 Å². The molecule has 8 heteroatoms. The van der Waals surface area contributed by atoms with Crippen LogP contribution >= 0.6 is 62.3 Å². The fraction of sp³-hybridized carbons (Fsp3) is 0.667. The van der Waals surface area contributed by atoms with Gasteiger partial charge in [0.1, 0.15) is 8.64 Å². The molecule has 0 rings (SSSR count). The van der Waals surface area contributed by atoms with Crippen molar-refractivity contribution in [2.45, 2.75) is 17.8 Å². The molecule has 82 valence electrons. The molecule has 2 unspecified atom stereocenters. The quantitative estimate of drug-likeness (QED) is 0.254. The number of thiocarbonyl (C=S) groups is 2. The molecule has 0 radical (unpaired) electrons. The van der Waals surface area contributed by atoms with Crippen molar-refractivity contribution < 1.29 is 5.11 Å². The smallest absolute Gasteiger partial charge is 0.131 e. The molecule has 2 atom stereocenters. The molecular weight excluding hydrogens is 276 g/mol. The molecule has 0 saturated heterocycles. The van der Waals surface area contributed by atoms with Crippen LogP contribution in [-0.4, -0.2) is 31.8 Å². The standard InChI is InChI=1S/C6H12N2OS5/c9-2-1-3(7-5(11)12)4(10)8-6(13)14/h3-4,9-10H,1-2H2,(H2,7,11,12)(H2,8,13,14). The number of aliphatic hydroxyl groups is 1. The van der Waals surface area contributed by atoms with E-state index in [2.05, 4.69) is 48.5 Å². The van der Waals surface area contributed by atoms with Crippen molar-refractivity contribution in [3.63, 3.8) is 0 Å². The Labute approximate surface area is 111 Å². The van der Waals surface area contributed by atoms with Gasteiger partial charge in [-0.15, -0.1) is 25.3 Å². The Morgan fingerprint density at radius 2 is 1.71 bits per heavy atom. The summed E-state index contributed by atoms with van der Waals surface area (Å²) in [7, 11) is 0. The Balaban J connectivity index is 4.16. The summed E-state index contributed by atoms with van der Waals surface area (Å²) in [6.07, 6.45) is 0.498. The number of nitrogens with one attached hydrogen (secondary N) is 2. The van der Waals surface area contributed by atoms with Crippen LogP contribution < -0.4 is 10.6 Å². The minimum atomic E-state index is -0.266. The van der Waals surface area contributed by atoms with Crippen LogP contribution in [0.25, 0.3) is 0 Å². The van der Waals surface area contributed by atoms with E-state index in [1.807, 2.05) is 0 Å². The first-order valence-corrected chi connectivity index (χ1v) is 5.98. The summed E-state index contributed by atoms with van der Waals surface area (Å²) in [4.78, 5) is 0. The summed E-state index contributed by atoms with van der Waals surface area (Å²) in [5.74, 6) is 0. The summed E-state index contributed by atoms with van der Waals surface area (Å²) < 4.78 is 0.703. The summed E-state index contributed by atoms with van der Waals surface area (Å²) >= 11 is 21.6.